The molecule has 0 saturated heterocycles. The molecule has 0 aliphatic heterocycles. The van der Waals surface area contributed by atoms with Crippen LogP contribution in [0.25, 0.3) is 0 Å². The number of aliphatic carboxylic acids is 1. The van der Waals surface area contributed by atoms with Crippen molar-refractivity contribution >= 4 is 24.0 Å². The van der Waals surface area contributed by atoms with Crippen LogP contribution >= 0.6 is 11.8 Å². The second kappa shape index (κ2) is 7.12. The number of thioether (sulfide) groups is 1. The summed E-state index contributed by atoms with van der Waals surface area (Å²) in [4.78, 5) is 26.4. The predicted octanol–water partition coefficient (Wildman–Crippen LogP) is 5.98. The summed E-state index contributed by atoms with van der Waals surface area (Å²) in [6, 6.07) is 0. The van der Waals surface area contributed by atoms with E-state index in [9.17, 15) is 14.7 Å². The van der Waals surface area contributed by atoms with Gasteiger partial charge in [0.05, 0.1) is 5.41 Å². The Morgan fingerprint density at radius 3 is 2.57 bits per heavy atom. The Morgan fingerprint density at radius 2 is 1.93 bits per heavy atom. The number of allylic oxidation sites excluding steroid dienone is 1. The molecule has 0 amide bonds. The van der Waals surface area contributed by atoms with Gasteiger partial charge in [-0.3, -0.25) is 4.79 Å². The molecule has 4 fully saturated rings. The zero-order valence-corrected chi connectivity index (χ0v) is 19.7. The van der Waals surface area contributed by atoms with E-state index in [1.54, 1.807) is 0 Å². The molecule has 7 atom stereocenters. The topological polar surface area (TPSA) is 54.4 Å². The Balaban J connectivity index is 1.64. The van der Waals surface area contributed by atoms with Crippen LogP contribution < -0.4 is 0 Å². The van der Waals surface area contributed by atoms with Crippen molar-refractivity contribution in [2.75, 3.05) is 5.75 Å². The first-order valence-corrected chi connectivity index (χ1v) is 13.4. The fraction of sp³-hybridized carbons (Fsp3) is 0.846. The van der Waals surface area contributed by atoms with Crippen LogP contribution in [0, 0.1) is 45.8 Å². The molecule has 1 N–H and O–H groups in total. The molecule has 5 aliphatic rings. The summed E-state index contributed by atoms with van der Waals surface area (Å²) in [5.74, 6) is 2.04. The highest BCUT2D eigenvalue weighted by atomic mass is 32.2. The van der Waals surface area contributed by atoms with Crippen LogP contribution in [0.3, 0.4) is 0 Å². The van der Waals surface area contributed by atoms with Crippen LogP contribution in [-0.2, 0) is 9.59 Å². The number of fused-ring (bicyclic) bond motifs is 2. The van der Waals surface area contributed by atoms with Crippen molar-refractivity contribution in [1.29, 1.82) is 0 Å². The molecule has 0 radical (unpaired) electrons. The molecular weight excluding hydrogens is 392 g/mol. The second-order valence-corrected chi connectivity index (χ2v) is 12.8. The SMILES string of the molecule is CC(C)C1=CC2CC3(C=O)C4CCC(C)C4CC2(CSC2CCCCC2)C13C(=O)O. The highest BCUT2D eigenvalue weighted by Crippen LogP contribution is 2.83. The summed E-state index contributed by atoms with van der Waals surface area (Å²) in [7, 11) is 0. The first-order chi connectivity index (χ1) is 14.3. The van der Waals surface area contributed by atoms with Gasteiger partial charge in [0.2, 0.25) is 0 Å². The maximum absolute atomic E-state index is 13.4. The molecule has 4 bridgehead atoms. The van der Waals surface area contributed by atoms with Crippen molar-refractivity contribution in [2.24, 2.45) is 45.8 Å². The largest absolute Gasteiger partial charge is 0.481 e. The average molecular weight is 431 g/mol. The summed E-state index contributed by atoms with van der Waals surface area (Å²) >= 11 is 2.06. The van der Waals surface area contributed by atoms with Crippen molar-refractivity contribution in [2.45, 2.75) is 83.8 Å². The molecule has 5 aliphatic carbocycles. The molecule has 30 heavy (non-hydrogen) atoms. The van der Waals surface area contributed by atoms with Gasteiger partial charge in [0.25, 0.3) is 0 Å². The van der Waals surface area contributed by atoms with Crippen molar-refractivity contribution in [3.05, 3.63) is 11.6 Å². The van der Waals surface area contributed by atoms with Gasteiger partial charge in [0, 0.05) is 16.4 Å². The van der Waals surface area contributed by atoms with Gasteiger partial charge in [-0.25, -0.2) is 0 Å². The summed E-state index contributed by atoms with van der Waals surface area (Å²) in [6.45, 7) is 6.63. The molecule has 5 rings (SSSR count). The molecule has 7 unspecified atom stereocenters. The first-order valence-electron chi connectivity index (χ1n) is 12.4. The van der Waals surface area contributed by atoms with E-state index >= 15 is 0 Å². The van der Waals surface area contributed by atoms with Gasteiger partial charge in [0.15, 0.2) is 0 Å². The normalized spacial score (nSPS) is 47.4. The second-order valence-electron chi connectivity index (χ2n) is 11.6. The van der Waals surface area contributed by atoms with Crippen LogP contribution in [0.2, 0.25) is 0 Å². The van der Waals surface area contributed by atoms with Gasteiger partial charge >= 0.3 is 5.97 Å². The van der Waals surface area contributed by atoms with Gasteiger partial charge in [-0.2, -0.15) is 11.8 Å². The summed E-state index contributed by atoms with van der Waals surface area (Å²) in [5, 5.41) is 11.7. The lowest BCUT2D eigenvalue weighted by Crippen LogP contribution is -2.63. The highest BCUT2D eigenvalue weighted by Gasteiger charge is 2.84. The van der Waals surface area contributed by atoms with Gasteiger partial charge in [0.1, 0.15) is 11.7 Å². The molecule has 0 heterocycles. The summed E-state index contributed by atoms with van der Waals surface area (Å²) in [6.07, 6.45) is 14.0. The third kappa shape index (κ3) is 2.35. The standard InChI is InChI=1S/C26H38O3S/c1-16(2)22-11-18-12-24(14-27)21-10-9-17(3)20(21)13-25(18,26(22,24)23(28)29)15-30-19-7-5-4-6-8-19/h11,14,16-21H,4-10,12-13,15H2,1-3H3,(H,28,29). The van der Waals surface area contributed by atoms with Crippen LogP contribution in [0.4, 0.5) is 0 Å². The van der Waals surface area contributed by atoms with Gasteiger partial charge in [-0.15, -0.1) is 0 Å². The fourth-order valence-corrected chi connectivity index (χ4v) is 10.9. The quantitative estimate of drug-likeness (QED) is 0.416. The number of hydrogen-bond donors (Lipinski definition) is 1. The van der Waals surface area contributed by atoms with E-state index in [2.05, 4.69) is 38.6 Å². The molecule has 0 aromatic rings. The zero-order chi connectivity index (χ0) is 21.3. The summed E-state index contributed by atoms with van der Waals surface area (Å²) < 4.78 is 0. The monoisotopic (exact) mass is 430 g/mol. The molecule has 4 saturated carbocycles. The number of hydrogen-bond acceptors (Lipinski definition) is 3. The van der Waals surface area contributed by atoms with Crippen LogP contribution in [0.1, 0.15) is 78.6 Å². The van der Waals surface area contributed by atoms with E-state index in [0.717, 1.165) is 43.3 Å². The molecule has 3 nitrogen and oxygen atoms in total. The Bertz CT molecular complexity index is 768. The molecule has 4 heteroatoms. The molecule has 166 valence electrons. The number of carboxylic acid groups (broad SMARTS) is 1. The van der Waals surface area contributed by atoms with Gasteiger partial charge in [-0.1, -0.05) is 58.1 Å². The van der Waals surface area contributed by atoms with E-state index in [-0.39, 0.29) is 23.2 Å². The maximum atomic E-state index is 13.4. The lowest BCUT2D eigenvalue weighted by Gasteiger charge is -2.58. The minimum atomic E-state index is -0.979. The van der Waals surface area contributed by atoms with E-state index in [1.807, 2.05) is 0 Å². The lowest BCUT2D eigenvalue weighted by atomic mass is 9.43. The first kappa shape index (κ1) is 21.1. The Morgan fingerprint density at radius 1 is 1.20 bits per heavy atom. The minimum absolute atomic E-state index is 0.181. The maximum Gasteiger partial charge on any atom is 0.315 e. The Labute approximate surface area is 185 Å². The zero-order valence-electron chi connectivity index (χ0n) is 18.9. The van der Waals surface area contributed by atoms with Crippen LogP contribution in [0.5, 0.6) is 0 Å². The van der Waals surface area contributed by atoms with Crippen LogP contribution in [-0.4, -0.2) is 28.4 Å². The van der Waals surface area contributed by atoms with Crippen molar-refractivity contribution in [3.63, 3.8) is 0 Å². The molecular formula is C26H38O3S. The molecule has 0 aromatic heterocycles. The number of carboxylic acids is 1. The minimum Gasteiger partial charge on any atom is -0.481 e. The number of carbonyl (C=O) groups excluding carboxylic acids is 1. The van der Waals surface area contributed by atoms with Gasteiger partial charge < -0.3 is 9.90 Å². The number of rotatable bonds is 6. The van der Waals surface area contributed by atoms with E-state index < -0.39 is 16.8 Å². The predicted molar refractivity (Wildman–Crippen MR) is 121 cm³/mol. The summed E-state index contributed by atoms with van der Waals surface area (Å²) in [5.41, 5.74) is -0.867. The highest BCUT2D eigenvalue weighted by molar-refractivity contribution is 7.99. The third-order valence-electron chi connectivity index (χ3n) is 10.3. The van der Waals surface area contributed by atoms with Crippen molar-refractivity contribution in [3.8, 4) is 0 Å². The van der Waals surface area contributed by atoms with E-state index in [4.69, 9.17) is 0 Å². The van der Waals surface area contributed by atoms with Crippen molar-refractivity contribution in [1.82, 2.24) is 0 Å². The lowest BCUT2D eigenvalue weighted by molar-refractivity contribution is -0.177. The van der Waals surface area contributed by atoms with Crippen LogP contribution in [0.15, 0.2) is 11.6 Å². The van der Waals surface area contributed by atoms with Gasteiger partial charge in [-0.05, 0) is 61.7 Å². The number of aldehydes is 1. The molecule has 0 aromatic carbocycles. The fourth-order valence-electron chi connectivity index (χ4n) is 9.13. The smallest absolute Gasteiger partial charge is 0.315 e. The third-order valence-corrected chi connectivity index (χ3v) is 11.9. The van der Waals surface area contributed by atoms with E-state index in [1.165, 1.54) is 32.1 Å². The average Bonchev–Trinajstić information content (AvgIpc) is 3.30. The Hall–Kier alpha value is -0.770. The number of carbonyl (C=O) groups is 2. The Kier molecular flexibility index (Phi) is 5.00. The van der Waals surface area contributed by atoms with Crippen molar-refractivity contribution < 1.29 is 14.7 Å². The molecule has 0 spiro atoms. The van der Waals surface area contributed by atoms with E-state index in [0.29, 0.717) is 17.1 Å².